The van der Waals surface area contributed by atoms with E-state index in [-0.39, 0.29) is 0 Å². The number of nitrogens with zero attached hydrogens (tertiary/aromatic N) is 2. The van der Waals surface area contributed by atoms with E-state index >= 15 is 0 Å². The Kier molecular flexibility index (Phi) is 42.8. The van der Waals surface area contributed by atoms with Gasteiger partial charge in [-0.25, -0.2) is 9.97 Å². The Morgan fingerprint density at radius 1 is 0.302 bits per heavy atom. The maximum absolute atomic E-state index is 4.75. The molecular formula is C79H140N2S5. The molecule has 0 saturated carbocycles. The molecule has 0 amide bonds. The van der Waals surface area contributed by atoms with E-state index in [9.17, 15) is 0 Å². The van der Waals surface area contributed by atoms with E-state index < -0.39 is 0 Å². The highest BCUT2D eigenvalue weighted by molar-refractivity contribution is 7.12. The molecule has 1 aliphatic rings. The average Bonchev–Trinajstić information content (AvgIpc) is 2.69. The Labute approximate surface area is 557 Å². The first kappa shape index (κ1) is 85.9. The van der Waals surface area contributed by atoms with Crippen LogP contribution in [0.5, 0.6) is 0 Å². The Bertz CT molecular complexity index is 2330. The second kappa shape index (κ2) is 42.8. The molecule has 5 aromatic heterocycles. The first-order chi connectivity index (χ1) is 39.5. The number of hydrogen-bond acceptors (Lipinski definition) is 7. The topological polar surface area (TPSA) is 25.8 Å². The zero-order valence-corrected chi connectivity index (χ0v) is 67.6. The SMILES string of the molecule is CC(C)C.CC(C)C.CC(C)C1=CCC(C(C)C)=C1C(C)C.CC(C)c1ccsc1C(C)C.CC(C)c1ccsc1C(C)C.CC(C)c1csc(C(C)C)c1C(C)C.CC(C)c1nc(C(C)C)c(C(C)C)s1.CC(C)c1nc(C(C)C)c(C(C)C)s1. The van der Waals surface area contributed by atoms with Crippen molar-refractivity contribution in [3.8, 4) is 0 Å². The third-order valence-corrected chi connectivity index (χ3v) is 21.1. The van der Waals surface area contributed by atoms with Crippen molar-refractivity contribution in [2.75, 3.05) is 0 Å². The number of thiazole rings is 2. The number of hydrogen-bond donors (Lipinski definition) is 0. The summed E-state index contributed by atoms with van der Waals surface area (Å²) in [6, 6.07) is 4.51. The van der Waals surface area contributed by atoms with Crippen molar-refractivity contribution in [3.63, 3.8) is 0 Å². The quantitative estimate of drug-likeness (QED) is 0.0984. The molecule has 0 saturated heterocycles. The molecule has 0 spiro atoms. The molecule has 5 aromatic rings. The molecule has 0 aromatic carbocycles. The van der Waals surface area contributed by atoms with Crippen LogP contribution in [0.3, 0.4) is 0 Å². The lowest BCUT2D eigenvalue weighted by Crippen LogP contribution is -2.05. The van der Waals surface area contributed by atoms with E-state index in [1.807, 2.05) is 56.7 Å². The zero-order chi connectivity index (χ0) is 67.5. The number of thiophene rings is 3. The van der Waals surface area contributed by atoms with Gasteiger partial charge in [-0.3, -0.25) is 0 Å². The van der Waals surface area contributed by atoms with Gasteiger partial charge >= 0.3 is 0 Å². The second-order valence-corrected chi connectivity index (χ2v) is 35.2. The van der Waals surface area contributed by atoms with Crippen LogP contribution in [-0.2, 0) is 0 Å². The molecule has 0 fully saturated rings. The van der Waals surface area contributed by atoms with Gasteiger partial charge in [-0.1, -0.05) is 275 Å². The summed E-state index contributed by atoms with van der Waals surface area (Å²) in [6.45, 7) is 85.5. The standard InChI is InChI=1S/C14H24.C13H22S.2C12H21NS.2C10H16S.2C4H10/c1-9(2)12-7-8-13(10(3)4)14(12)11(5)6;1-8(2)11-7-14-13(10(5)6)12(11)9(3)4;2*1-7(2)10-11(8(3)4)14-12(13-10)9(5)6;2*1-7(2)9-5-6-11-10(9)8(3)4;2*1-4(2)3/h7,9-11H,8H2,1-6H3;7-10H,1-6H3;2*7-9H,1-6H3;2*5-8H,1-4H3;2*4H,1-3H3. The van der Waals surface area contributed by atoms with E-state index in [1.54, 1.807) is 42.5 Å². The maximum Gasteiger partial charge on any atom is 0.0956 e. The third-order valence-electron chi connectivity index (χ3n) is 14.0. The molecular weight excluding hydrogens is 1140 g/mol. The van der Waals surface area contributed by atoms with Crippen LogP contribution in [0.2, 0.25) is 0 Å². The molecule has 1 aliphatic carbocycles. The van der Waals surface area contributed by atoms with E-state index in [2.05, 4.69) is 297 Å². The van der Waals surface area contributed by atoms with Gasteiger partial charge in [-0.2, -0.15) is 0 Å². The van der Waals surface area contributed by atoms with E-state index in [0.29, 0.717) is 94.7 Å². The first-order valence-corrected chi connectivity index (χ1v) is 38.4. The molecule has 5 heterocycles. The molecule has 496 valence electrons. The summed E-state index contributed by atoms with van der Waals surface area (Å²) in [7, 11) is 0. The van der Waals surface area contributed by atoms with Crippen LogP contribution < -0.4 is 0 Å². The van der Waals surface area contributed by atoms with Crippen molar-refractivity contribution in [1.82, 2.24) is 9.97 Å². The van der Waals surface area contributed by atoms with Crippen molar-refractivity contribution in [3.05, 3.63) is 119 Å². The van der Waals surface area contributed by atoms with E-state index in [4.69, 9.17) is 9.97 Å². The van der Waals surface area contributed by atoms with Crippen molar-refractivity contribution in [2.45, 2.75) is 346 Å². The van der Waals surface area contributed by atoms with Crippen molar-refractivity contribution in [1.29, 1.82) is 0 Å². The van der Waals surface area contributed by atoms with E-state index in [1.165, 1.54) is 48.7 Å². The second-order valence-electron chi connectivity index (χ2n) is 30.3. The summed E-state index contributed by atoms with van der Waals surface area (Å²) < 4.78 is 0. The Balaban J connectivity index is 0. The minimum Gasteiger partial charge on any atom is -0.245 e. The molecule has 7 heteroatoms. The van der Waals surface area contributed by atoms with Crippen LogP contribution in [0.15, 0.2) is 51.1 Å². The smallest absolute Gasteiger partial charge is 0.0956 e. The van der Waals surface area contributed by atoms with Gasteiger partial charge in [-0.05, 0) is 163 Å². The van der Waals surface area contributed by atoms with Crippen LogP contribution >= 0.6 is 56.7 Å². The van der Waals surface area contributed by atoms with Gasteiger partial charge in [0.1, 0.15) is 0 Å². The average molecular weight is 1280 g/mol. The zero-order valence-electron chi connectivity index (χ0n) is 63.5. The van der Waals surface area contributed by atoms with Gasteiger partial charge in [0.2, 0.25) is 0 Å². The lowest BCUT2D eigenvalue weighted by molar-refractivity contribution is 0.671. The van der Waals surface area contributed by atoms with Crippen molar-refractivity contribution >= 4 is 56.7 Å². The number of rotatable bonds is 16. The first-order valence-electron chi connectivity index (χ1n) is 34.2. The molecule has 0 aliphatic heterocycles. The summed E-state index contributed by atoms with van der Waals surface area (Å²) in [6.07, 6.45) is 3.63. The molecule has 0 N–H and O–H groups in total. The van der Waals surface area contributed by atoms with Crippen molar-refractivity contribution in [2.24, 2.45) is 29.6 Å². The summed E-state index contributed by atoms with van der Waals surface area (Å²) in [5.74, 6) is 11.9. The lowest BCUT2D eigenvalue weighted by Gasteiger charge is -2.19. The minimum atomic E-state index is 0.552. The van der Waals surface area contributed by atoms with Crippen molar-refractivity contribution < 1.29 is 0 Å². The summed E-state index contributed by atoms with van der Waals surface area (Å²) >= 11 is 9.50. The Morgan fingerprint density at radius 2 is 0.628 bits per heavy atom. The highest BCUT2D eigenvalue weighted by atomic mass is 32.1. The highest BCUT2D eigenvalue weighted by Crippen LogP contribution is 2.41. The molecule has 86 heavy (non-hydrogen) atoms. The van der Waals surface area contributed by atoms with Crippen LogP contribution in [-0.4, -0.2) is 9.97 Å². The predicted octanol–water partition coefficient (Wildman–Crippen LogP) is 30.0. The van der Waals surface area contributed by atoms with Gasteiger partial charge in [0.25, 0.3) is 0 Å². The molecule has 0 unspecified atom stereocenters. The van der Waals surface area contributed by atoms with E-state index in [0.717, 1.165) is 11.8 Å². The van der Waals surface area contributed by atoms with Gasteiger partial charge in [0.05, 0.1) is 21.4 Å². The fourth-order valence-corrected chi connectivity index (χ4v) is 15.8. The molecule has 2 nitrogen and oxygen atoms in total. The van der Waals surface area contributed by atoms with Crippen LogP contribution in [0.25, 0.3) is 0 Å². The normalized spacial score (nSPS) is 12.5. The van der Waals surface area contributed by atoms with Gasteiger partial charge in [-0.15, -0.1) is 56.7 Å². The Morgan fingerprint density at radius 3 is 0.837 bits per heavy atom. The fourth-order valence-electron chi connectivity index (χ4n) is 9.76. The largest absolute Gasteiger partial charge is 0.245 e. The molecule has 6 rings (SSSR count). The molecule has 0 atom stereocenters. The molecule has 0 bridgehead atoms. The highest BCUT2D eigenvalue weighted by Gasteiger charge is 2.24. The van der Waals surface area contributed by atoms with Crippen LogP contribution in [0.1, 0.15) is 414 Å². The van der Waals surface area contributed by atoms with Crippen LogP contribution in [0.4, 0.5) is 0 Å². The summed E-state index contributed by atoms with van der Waals surface area (Å²) in [5.41, 5.74) is 13.8. The van der Waals surface area contributed by atoms with Gasteiger partial charge in [0, 0.05) is 36.2 Å². The number of aromatic nitrogens is 2. The lowest BCUT2D eigenvalue weighted by atomic mass is 9.86. The fraction of sp³-hybridized carbons (Fsp3) is 0.722. The monoisotopic (exact) mass is 1280 g/mol. The Hall–Kier alpha value is -2.16. The third kappa shape index (κ3) is 30.8. The predicted molar refractivity (Wildman–Crippen MR) is 406 cm³/mol. The maximum atomic E-state index is 4.75. The summed E-state index contributed by atoms with van der Waals surface area (Å²) in [5, 5.41) is 9.33. The minimum absolute atomic E-state index is 0.552. The number of allylic oxidation sites excluding steroid dienone is 4. The van der Waals surface area contributed by atoms with Crippen LogP contribution in [0, 0.1) is 29.6 Å². The summed E-state index contributed by atoms with van der Waals surface area (Å²) in [4.78, 5) is 17.1. The van der Waals surface area contributed by atoms with Gasteiger partial charge < -0.3 is 0 Å². The van der Waals surface area contributed by atoms with Gasteiger partial charge in [0.15, 0.2) is 0 Å². The molecule has 0 radical (unpaired) electrons.